The van der Waals surface area contributed by atoms with E-state index in [2.05, 4.69) is 36.3 Å². The Labute approximate surface area is 165 Å². The molecule has 0 bridgehead atoms. The van der Waals surface area contributed by atoms with Crippen LogP contribution in [0.2, 0.25) is 0 Å². The Morgan fingerprint density at radius 1 is 1.19 bits per heavy atom. The molecule has 1 amide bonds. The third-order valence-corrected chi connectivity index (χ3v) is 4.20. The smallest absolute Gasteiger partial charge is 0.263 e. The van der Waals surface area contributed by atoms with Crippen LogP contribution in [0.15, 0.2) is 53.3 Å². The molecule has 0 spiro atoms. The van der Waals surface area contributed by atoms with Gasteiger partial charge in [0.15, 0.2) is 6.61 Å². The summed E-state index contributed by atoms with van der Waals surface area (Å²) in [7, 11) is 0. The molecule has 3 rings (SSSR count). The first-order valence-electron chi connectivity index (χ1n) is 8.39. The Bertz CT molecular complexity index is 918. The van der Waals surface area contributed by atoms with Gasteiger partial charge in [0.1, 0.15) is 11.6 Å². The Morgan fingerprint density at radius 3 is 2.48 bits per heavy atom. The van der Waals surface area contributed by atoms with Crippen molar-refractivity contribution in [3.8, 4) is 11.7 Å². The Balaban J connectivity index is 1.77. The molecule has 8 heteroatoms. The maximum absolute atomic E-state index is 12.4. The van der Waals surface area contributed by atoms with Crippen LogP contribution in [0.1, 0.15) is 26.5 Å². The van der Waals surface area contributed by atoms with Crippen molar-refractivity contribution in [2.75, 3.05) is 11.9 Å². The van der Waals surface area contributed by atoms with Gasteiger partial charge in [-0.25, -0.2) is 9.97 Å². The van der Waals surface area contributed by atoms with Crippen LogP contribution in [0.4, 0.5) is 5.82 Å². The molecule has 2 aromatic heterocycles. The standard InChI is InChI=1S/C19H20BrN5O2/c1-19(2,3)15-11-16(25(24-15)18-21-9-4-10-22-18)23-17(26)12-27-14-7-5-13(20)6-8-14/h4-11H,12H2,1-3H3,(H,23,26). The summed E-state index contributed by atoms with van der Waals surface area (Å²) >= 11 is 3.36. The number of ether oxygens (including phenoxy) is 1. The van der Waals surface area contributed by atoms with Gasteiger partial charge in [0.25, 0.3) is 11.9 Å². The van der Waals surface area contributed by atoms with E-state index >= 15 is 0 Å². The van der Waals surface area contributed by atoms with Crippen LogP contribution in [0.3, 0.4) is 0 Å². The number of rotatable bonds is 5. The number of nitrogens with one attached hydrogen (secondary N) is 1. The van der Waals surface area contributed by atoms with Crippen LogP contribution in [0, 0.1) is 0 Å². The minimum Gasteiger partial charge on any atom is -0.484 e. The van der Waals surface area contributed by atoms with E-state index in [4.69, 9.17) is 4.74 Å². The molecule has 0 aliphatic rings. The number of halogens is 1. The van der Waals surface area contributed by atoms with Crippen molar-refractivity contribution in [2.24, 2.45) is 0 Å². The molecule has 0 radical (unpaired) electrons. The number of carbonyl (C=O) groups excluding carboxylic acids is 1. The highest BCUT2D eigenvalue weighted by Crippen LogP contribution is 2.25. The summed E-state index contributed by atoms with van der Waals surface area (Å²) in [6.45, 7) is 6.03. The van der Waals surface area contributed by atoms with E-state index in [0.29, 0.717) is 17.5 Å². The van der Waals surface area contributed by atoms with Gasteiger partial charge in [-0.1, -0.05) is 36.7 Å². The van der Waals surface area contributed by atoms with Gasteiger partial charge in [-0.05, 0) is 30.3 Å². The van der Waals surface area contributed by atoms with Gasteiger partial charge in [0, 0.05) is 28.3 Å². The molecular weight excluding hydrogens is 410 g/mol. The van der Waals surface area contributed by atoms with Crippen molar-refractivity contribution in [3.63, 3.8) is 0 Å². The number of nitrogens with zero attached hydrogens (tertiary/aromatic N) is 4. The second kappa shape index (κ2) is 7.87. The molecule has 0 unspecified atom stereocenters. The first kappa shape index (κ1) is 19.0. The maximum atomic E-state index is 12.4. The summed E-state index contributed by atoms with van der Waals surface area (Å²) in [5.74, 6) is 1.20. The molecule has 0 atom stereocenters. The Hall–Kier alpha value is -2.74. The first-order chi connectivity index (χ1) is 12.8. The quantitative estimate of drug-likeness (QED) is 0.667. The second-order valence-corrected chi connectivity index (χ2v) is 7.83. The minimum absolute atomic E-state index is 0.118. The summed E-state index contributed by atoms with van der Waals surface area (Å²) in [6, 6.07) is 10.8. The summed E-state index contributed by atoms with van der Waals surface area (Å²) in [5, 5.41) is 7.39. The number of hydrogen-bond donors (Lipinski definition) is 1. The van der Waals surface area contributed by atoms with Crippen LogP contribution >= 0.6 is 15.9 Å². The largest absolute Gasteiger partial charge is 0.484 e. The molecule has 27 heavy (non-hydrogen) atoms. The van der Waals surface area contributed by atoms with Crippen molar-refractivity contribution in [1.29, 1.82) is 0 Å². The fraction of sp³-hybridized carbons (Fsp3) is 0.263. The minimum atomic E-state index is -0.296. The highest BCUT2D eigenvalue weighted by Gasteiger charge is 2.22. The van der Waals surface area contributed by atoms with E-state index in [1.54, 1.807) is 30.6 Å². The topological polar surface area (TPSA) is 81.9 Å². The van der Waals surface area contributed by atoms with Gasteiger partial charge < -0.3 is 10.1 Å². The average Bonchev–Trinajstić information content (AvgIpc) is 3.06. The fourth-order valence-electron chi connectivity index (χ4n) is 2.25. The number of benzene rings is 1. The van der Waals surface area contributed by atoms with Crippen molar-refractivity contribution >= 4 is 27.7 Å². The summed E-state index contributed by atoms with van der Waals surface area (Å²) in [4.78, 5) is 20.8. The molecule has 140 valence electrons. The lowest BCUT2D eigenvalue weighted by atomic mass is 9.92. The zero-order valence-electron chi connectivity index (χ0n) is 15.3. The van der Waals surface area contributed by atoms with Gasteiger partial charge in [-0.2, -0.15) is 9.78 Å². The number of anilines is 1. The van der Waals surface area contributed by atoms with E-state index in [1.165, 1.54) is 4.68 Å². The summed E-state index contributed by atoms with van der Waals surface area (Å²) in [6.07, 6.45) is 3.26. The molecule has 1 aromatic carbocycles. The SMILES string of the molecule is CC(C)(C)c1cc(NC(=O)COc2ccc(Br)cc2)n(-c2ncccn2)n1. The first-order valence-corrected chi connectivity index (χ1v) is 9.18. The average molecular weight is 430 g/mol. The van der Waals surface area contributed by atoms with Crippen molar-refractivity contribution in [2.45, 2.75) is 26.2 Å². The lowest BCUT2D eigenvalue weighted by molar-refractivity contribution is -0.118. The monoisotopic (exact) mass is 429 g/mol. The highest BCUT2D eigenvalue weighted by molar-refractivity contribution is 9.10. The zero-order chi connectivity index (χ0) is 19.4. The molecule has 0 aliphatic heterocycles. The molecule has 0 aliphatic carbocycles. The molecule has 0 saturated heterocycles. The van der Waals surface area contributed by atoms with Gasteiger partial charge in [0.05, 0.1) is 5.69 Å². The summed E-state index contributed by atoms with van der Waals surface area (Å²) in [5.41, 5.74) is 0.632. The zero-order valence-corrected chi connectivity index (χ0v) is 16.9. The highest BCUT2D eigenvalue weighted by atomic mass is 79.9. The Kier molecular flexibility index (Phi) is 5.55. The van der Waals surface area contributed by atoms with Crippen LogP contribution in [0.5, 0.6) is 5.75 Å². The molecule has 1 N–H and O–H groups in total. The third-order valence-electron chi connectivity index (χ3n) is 3.67. The number of aromatic nitrogens is 4. The number of carbonyl (C=O) groups is 1. The van der Waals surface area contributed by atoms with Gasteiger partial charge in [0.2, 0.25) is 0 Å². The van der Waals surface area contributed by atoms with Crippen molar-refractivity contribution in [3.05, 3.63) is 59.0 Å². The second-order valence-electron chi connectivity index (χ2n) is 6.92. The molecule has 0 fully saturated rings. The van der Waals surface area contributed by atoms with Crippen LogP contribution in [-0.4, -0.2) is 32.3 Å². The predicted octanol–water partition coefficient (Wildman–Crippen LogP) is 3.74. The molecule has 2 heterocycles. The van der Waals surface area contributed by atoms with Crippen LogP contribution in [-0.2, 0) is 10.2 Å². The van der Waals surface area contributed by atoms with E-state index in [-0.39, 0.29) is 17.9 Å². The normalized spacial score (nSPS) is 11.3. The lowest BCUT2D eigenvalue weighted by Crippen LogP contribution is -2.22. The number of amides is 1. The molecular formula is C19H20BrN5O2. The van der Waals surface area contributed by atoms with Crippen LogP contribution < -0.4 is 10.1 Å². The van der Waals surface area contributed by atoms with Gasteiger partial charge in [-0.15, -0.1) is 0 Å². The number of hydrogen-bond acceptors (Lipinski definition) is 5. The Morgan fingerprint density at radius 2 is 1.85 bits per heavy atom. The lowest BCUT2D eigenvalue weighted by Gasteiger charge is -2.13. The van der Waals surface area contributed by atoms with Crippen molar-refractivity contribution < 1.29 is 9.53 Å². The van der Waals surface area contributed by atoms with E-state index in [1.807, 2.05) is 39.0 Å². The third kappa shape index (κ3) is 4.91. The van der Waals surface area contributed by atoms with E-state index < -0.39 is 0 Å². The predicted molar refractivity (Wildman–Crippen MR) is 106 cm³/mol. The maximum Gasteiger partial charge on any atom is 0.263 e. The molecule has 7 nitrogen and oxygen atoms in total. The van der Waals surface area contributed by atoms with Gasteiger partial charge in [-0.3, -0.25) is 4.79 Å². The molecule has 0 saturated carbocycles. The molecule has 3 aromatic rings. The van der Waals surface area contributed by atoms with Crippen molar-refractivity contribution in [1.82, 2.24) is 19.7 Å². The van der Waals surface area contributed by atoms with Crippen LogP contribution in [0.25, 0.3) is 5.95 Å². The van der Waals surface area contributed by atoms with E-state index in [9.17, 15) is 4.79 Å². The summed E-state index contributed by atoms with van der Waals surface area (Å²) < 4.78 is 7.99. The van der Waals surface area contributed by atoms with Gasteiger partial charge >= 0.3 is 0 Å². The fourth-order valence-corrected chi connectivity index (χ4v) is 2.51. The van der Waals surface area contributed by atoms with E-state index in [0.717, 1.165) is 10.2 Å².